The Labute approximate surface area is 99.0 Å². The highest BCUT2D eigenvalue weighted by Crippen LogP contribution is 2.19. The van der Waals surface area contributed by atoms with Crippen LogP contribution in [0.5, 0.6) is 5.75 Å². The van der Waals surface area contributed by atoms with Crippen LogP contribution in [0, 0.1) is 6.92 Å². The smallest absolute Gasteiger partial charge is 0.257 e. The van der Waals surface area contributed by atoms with E-state index in [1.807, 2.05) is 6.92 Å². The molecule has 6 nitrogen and oxygen atoms in total. The molecule has 0 atom stereocenters. The zero-order valence-corrected chi connectivity index (χ0v) is 9.71. The summed E-state index contributed by atoms with van der Waals surface area (Å²) in [7, 11) is 1.50. The number of hydrogen-bond donors (Lipinski definition) is 3. The number of likely N-dealkylation sites (N-methyl/N-ethyl adjacent to an activating group) is 1. The first-order chi connectivity index (χ1) is 7.95. The molecule has 1 amide bonds. The Morgan fingerprint density at radius 3 is 2.76 bits per heavy atom. The molecule has 0 aliphatic carbocycles. The predicted molar refractivity (Wildman–Crippen MR) is 63.2 cm³/mol. The topological polar surface area (TPSA) is 99.2 Å². The Kier molecular flexibility index (Phi) is 3.92. The number of amides is 1. The number of nitrogens with zero attached hydrogens (tertiary/aromatic N) is 2. The molecule has 1 aromatic rings. The first-order valence-electron chi connectivity index (χ1n) is 4.97. The highest BCUT2D eigenvalue weighted by atomic mass is 16.4. The molecular formula is C11H15N3O3. The zero-order chi connectivity index (χ0) is 13.0. The van der Waals surface area contributed by atoms with Crippen molar-refractivity contribution in [2.75, 3.05) is 13.6 Å². The molecule has 0 saturated carbocycles. The fourth-order valence-electron chi connectivity index (χ4n) is 1.37. The third kappa shape index (κ3) is 3.10. The Bertz CT molecular complexity index is 457. The quantitative estimate of drug-likeness (QED) is 0.309. The summed E-state index contributed by atoms with van der Waals surface area (Å²) < 4.78 is 0. The second-order valence-electron chi connectivity index (χ2n) is 3.77. The van der Waals surface area contributed by atoms with Gasteiger partial charge in [-0.05, 0) is 19.1 Å². The molecule has 0 radical (unpaired) electrons. The van der Waals surface area contributed by atoms with Crippen LogP contribution in [0.4, 0.5) is 0 Å². The van der Waals surface area contributed by atoms with Gasteiger partial charge < -0.3 is 20.9 Å². The average Bonchev–Trinajstić information content (AvgIpc) is 2.31. The number of aromatic hydroxyl groups is 1. The summed E-state index contributed by atoms with van der Waals surface area (Å²) in [6.07, 6.45) is 0. The van der Waals surface area contributed by atoms with Crippen molar-refractivity contribution in [2.24, 2.45) is 10.9 Å². The summed E-state index contributed by atoms with van der Waals surface area (Å²) in [4.78, 5) is 13.2. The molecule has 0 saturated heterocycles. The van der Waals surface area contributed by atoms with E-state index in [1.54, 1.807) is 12.1 Å². The van der Waals surface area contributed by atoms with Crippen molar-refractivity contribution in [3.8, 4) is 5.75 Å². The van der Waals surface area contributed by atoms with Crippen LogP contribution < -0.4 is 5.73 Å². The molecule has 17 heavy (non-hydrogen) atoms. The third-order valence-electron chi connectivity index (χ3n) is 2.26. The molecule has 0 unspecified atom stereocenters. The normalized spacial score (nSPS) is 11.3. The molecular weight excluding hydrogens is 222 g/mol. The lowest BCUT2D eigenvalue weighted by Crippen LogP contribution is -2.35. The third-order valence-corrected chi connectivity index (χ3v) is 2.26. The fourth-order valence-corrected chi connectivity index (χ4v) is 1.37. The number of carbonyl (C=O) groups is 1. The predicted octanol–water partition coefficient (Wildman–Crippen LogP) is 0.519. The maximum Gasteiger partial charge on any atom is 0.257 e. The molecule has 1 aromatic carbocycles. The van der Waals surface area contributed by atoms with E-state index < -0.39 is 5.91 Å². The standard InChI is InChI=1S/C11H15N3O3/c1-7-3-4-9(15)8(5-7)11(16)14(2)6-10(12)13-17/h3-5,15,17H,6H2,1-2H3,(H2,12,13). The average molecular weight is 237 g/mol. The number of carbonyl (C=O) groups excluding carboxylic acids is 1. The van der Waals surface area contributed by atoms with Gasteiger partial charge in [-0.3, -0.25) is 4.79 Å². The van der Waals surface area contributed by atoms with E-state index in [0.29, 0.717) is 0 Å². The minimum absolute atomic E-state index is 0.0112. The highest BCUT2D eigenvalue weighted by Gasteiger charge is 2.16. The van der Waals surface area contributed by atoms with Gasteiger partial charge in [0.25, 0.3) is 5.91 Å². The summed E-state index contributed by atoms with van der Waals surface area (Å²) in [5.41, 5.74) is 6.36. The van der Waals surface area contributed by atoms with Gasteiger partial charge in [0.1, 0.15) is 5.75 Å². The van der Waals surface area contributed by atoms with Crippen LogP contribution in [0.15, 0.2) is 23.4 Å². The number of phenols is 1. The first-order valence-corrected chi connectivity index (χ1v) is 4.97. The van der Waals surface area contributed by atoms with Gasteiger partial charge in [0.2, 0.25) is 0 Å². The van der Waals surface area contributed by atoms with Gasteiger partial charge in [0.05, 0.1) is 12.1 Å². The van der Waals surface area contributed by atoms with Gasteiger partial charge >= 0.3 is 0 Å². The van der Waals surface area contributed by atoms with Gasteiger partial charge in [-0.1, -0.05) is 16.8 Å². The number of hydrogen-bond acceptors (Lipinski definition) is 4. The number of nitrogens with two attached hydrogens (primary N) is 1. The first kappa shape index (κ1) is 12.8. The van der Waals surface area contributed by atoms with E-state index in [4.69, 9.17) is 10.9 Å². The van der Waals surface area contributed by atoms with Crippen molar-refractivity contribution in [1.29, 1.82) is 0 Å². The summed E-state index contributed by atoms with van der Waals surface area (Å²) in [6, 6.07) is 4.75. The highest BCUT2D eigenvalue weighted by molar-refractivity contribution is 5.99. The molecule has 1 rings (SSSR count). The van der Waals surface area contributed by atoms with Crippen LogP contribution in [-0.2, 0) is 0 Å². The molecule has 0 heterocycles. The lowest BCUT2D eigenvalue weighted by Gasteiger charge is -2.17. The van der Waals surface area contributed by atoms with E-state index in [1.165, 1.54) is 18.0 Å². The second kappa shape index (κ2) is 5.20. The van der Waals surface area contributed by atoms with Crippen LogP contribution in [0.1, 0.15) is 15.9 Å². The maximum absolute atomic E-state index is 11.9. The number of oxime groups is 1. The van der Waals surface area contributed by atoms with Crippen molar-refractivity contribution in [3.05, 3.63) is 29.3 Å². The lowest BCUT2D eigenvalue weighted by atomic mass is 10.1. The Hall–Kier alpha value is -2.24. The Balaban J connectivity index is 2.92. The Morgan fingerprint density at radius 1 is 1.53 bits per heavy atom. The molecule has 0 bridgehead atoms. The number of aryl methyl sites for hydroxylation is 1. The molecule has 0 aliphatic heterocycles. The molecule has 6 heteroatoms. The van der Waals surface area contributed by atoms with Crippen LogP contribution in [0.3, 0.4) is 0 Å². The van der Waals surface area contributed by atoms with Crippen LogP contribution in [0.2, 0.25) is 0 Å². The molecule has 0 fully saturated rings. The summed E-state index contributed by atoms with van der Waals surface area (Å²) in [5.74, 6) is -0.558. The van der Waals surface area contributed by atoms with E-state index in [2.05, 4.69) is 5.16 Å². The second-order valence-corrected chi connectivity index (χ2v) is 3.77. The van der Waals surface area contributed by atoms with Gasteiger partial charge in [0.15, 0.2) is 5.84 Å². The number of rotatable bonds is 3. The minimum Gasteiger partial charge on any atom is -0.507 e. The van der Waals surface area contributed by atoms with Gasteiger partial charge in [-0.15, -0.1) is 0 Å². The maximum atomic E-state index is 11.9. The fraction of sp³-hybridized carbons (Fsp3) is 0.273. The summed E-state index contributed by atoms with van der Waals surface area (Å²) >= 11 is 0. The molecule has 92 valence electrons. The summed E-state index contributed by atoms with van der Waals surface area (Å²) in [6.45, 7) is 1.81. The van der Waals surface area contributed by atoms with Crippen LogP contribution in [0.25, 0.3) is 0 Å². The zero-order valence-electron chi connectivity index (χ0n) is 9.71. The largest absolute Gasteiger partial charge is 0.507 e. The van der Waals surface area contributed by atoms with Gasteiger partial charge in [-0.2, -0.15) is 0 Å². The SMILES string of the molecule is Cc1ccc(O)c(C(=O)N(C)CC(N)=NO)c1. The molecule has 4 N–H and O–H groups in total. The molecule has 0 aromatic heterocycles. The lowest BCUT2D eigenvalue weighted by molar-refractivity contribution is 0.0810. The number of phenolic OH excluding ortho intramolecular Hbond substituents is 1. The van der Waals surface area contributed by atoms with E-state index in [-0.39, 0.29) is 23.7 Å². The van der Waals surface area contributed by atoms with Crippen LogP contribution in [-0.4, -0.2) is 40.5 Å². The van der Waals surface area contributed by atoms with Gasteiger partial charge in [0, 0.05) is 7.05 Å². The Morgan fingerprint density at radius 2 is 2.18 bits per heavy atom. The van der Waals surface area contributed by atoms with E-state index in [0.717, 1.165) is 5.56 Å². The molecule has 0 aliphatic rings. The van der Waals surface area contributed by atoms with Crippen molar-refractivity contribution in [2.45, 2.75) is 6.92 Å². The van der Waals surface area contributed by atoms with Crippen molar-refractivity contribution < 1.29 is 15.1 Å². The monoisotopic (exact) mass is 237 g/mol. The van der Waals surface area contributed by atoms with E-state index in [9.17, 15) is 9.90 Å². The van der Waals surface area contributed by atoms with Crippen molar-refractivity contribution in [1.82, 2.24) is 4.90 Å². The van der Waals surface area contributed by atoms with Crippen LogP contribution >= 0.6 is 0 Å². The molecule has 0 spiro atoms. The summed E-state index contributed by atoms with van der Waals surface area (Å²) in [5, 5.41) is 20.8. The minimum atomic E-state index is -0.391. The number of amidine groups is 1. The van der Waals surface area contributed by atoms with Gasteiger partial charge in [-0.25, -0.2) is 0 Å². The van der Waals surface area contributed by atoms with Crippen molar-refractivity contribution >= 4 is 11.7 Å². The van der Waals surface area contributed by atoms with E-state index >= 15 is 0 Å². The number of benzene rings is 1. The van der Waals surface area contributed by atoms with Crippen molar-refractivity contribution in [3.63, 3.8) is 0 Å².